The number of aromatic nitrogens is 3. The van der Waals surface area contributed by atoms with E-state index in [9.17, 15) is 0 Å². The highest BCUT2D eigenvalue weighted by Crippen LogP contribution is 2.29. The average molecular weight is 316 g/mol. The van der Waals surface area contributed by atoms with Crippen LogP contribution < -0.4 is 5.32 Å². The summed E-state index contributed by atoms with van der Waals surface area (Å²) in [5.41, 5.74) is 6.10. The Morgan fingerprint density at radius 2 is 1.96 bits per heavy atom. The first-order valence-electron chi connectivity index (χ1n) is 7.76. The van der Waals surface area contributed by atoms with Gasteiger partial charge in [-0.15, -0.1) is 0 Å². The number of fused-ring (bicyclic) bond motifs is 1. The summed E-state index contributed by atoms with van der Waals surface area (Å²) in [5, 5.41) is 7.49. The van der Waals surface area contributed by atoms with E-state index in [0.717, 1.165) is 28.2 Å². The fourth-order valence-corrected chi connectivity index (χ4v) is 2.61. The van der Waals surface area contributed by atoms with Crippen LogP contribution in [0.2, 0.25) is 0 Å². The van der Waals surface area contributed by atoms with E-state index in [1.807, 2.05) is 43.3 Å². The lowest BCUT2D eigenvalue weighted by molar-refractivity contribution is 0.451. The van der Waals surface area contributed by atoms with Crippen LogP contribution in [-0.2, 0) is 6.54 Å². The molecule has 5 nitrogen and oxygen atoms in total. The third kappa shape index (κ3) is 2.72. The van der Waals surface area contributed by atoms with Crippen LogP contribution in [0.4, 0.5) is 5.69 Å². The minimum atomic E-state index is 0.677. The monoisotopic (exact) mass is 316 g/mol. The van der Waals surface area contributed by atoms with Crippen LogP contribution in [0.5, 0.6) is 0 Å². The van der Waals surface area contributed by atoms with E-state index in [2.05, 4.69) is 32.6 Å². The normalized spacial score (nSPS) is 10.9. The molecule has 0 saturated heterocycles. The number of anilines is 1. The van der Waals surface area contributed by atoms with Crippen molar-refractivity contribution in [2.24, 2.45) is 0 Å². The fourth-order valence-electron chi connectivity index (χ4n) is 2.61. The zero-order valence-electron chi connectivity index (χ0n) is 13.2. The number of nitrogens with one attached hydrogen (secondary N) is 1. The lowest BCUT2D eigenvalue weighted by Crippen LogP contribution is -2.00. The van der Waals surface area contributed by atoms with Gasteiger partial charge < -0.3 is 9.84 Å². The Hall–Kier alpha value is -3.21. The number of rotatable bonds is 4. The molecule has 4 rings (SSSR count). The van der Waals surface area contributed by atoms with Gasteiger partial charge in [-0.1, -0.05) is 35.5 Å². The lowest BCUT2D eigenvalue weighted by atomic mass is 10.1. The van der Waals surface area contributed by atoms with Crippen LogP contribution in [0.3, 0.4) is 0 Å². The van der Waals surface area contributed by atoms with Gasteiger partial charge in [0.05, 0.1) is 11.4 Å². The van der Waals surface area contributed by atoms with Crippen LogP contribution in [0, 0.1) is 6.92 Å². The molecular weight excluding hydrogens is 300 g/mol. The van der Waals surface area contributed by atoms with Crippen LogP contribution in [0.25, 0.3) is 22.4 Å². The largest absolute Gasteiger partial charge is 0.378 e. The SMILES string of the molecule is Cc1noc2c(NCc3ccccc3)cc(-c3cccnc3)nc12. The fraction of sp³-hybridized carbons (Fsp3) is 0.105. The van der Waals surface area contributed by atoms with Gasteiger partial charge in [-0.3, -0.25) is 4.98 Å². The van der Waals surface area contributed by atoms with Crippen LogP contribution in [-0.4, -0.2) is 15.1 Å². The summed E-state index contributed by atoms with van der Waals surface area (Å²) >= 11 is 0. The number of hydrogen-bond acceptors (Lipinski definition) is 5. The molecule has 1 N–H and O–H groups in total. The standard InChI is InChI=1S/C19H16N4O/c1-13-18-19(24-23-13)17(21-11-14-6-3-2-4-7-14)10-16(22-18)15-8-5-9-20-12-15/h2-10,12H,11H2,1H3,(H,21,22). The number of hydrogen-bond donors (Lipinski definition) is 1. The lowest BCUT2D eigenvalue weighted by Gasteiger charge is -2.09. The van der Waals surface area contributed by atoms with Crippen LogP contribution in [0.15, 0.2) is 65.4 Å². The molecule has 118 valence electrons. The smallest absolute Gasteiger partial charge is 0.208 e. The van der Waals surface area contributed by atoms with Crippen LogP contribution >= 0.6 is 0 Å². The molecule has 3 aromatic heterocycles. The van der Waals surface area contributed by atoms with Crippen molar-refractivity contribution >= 4 is 16.8 Å². The second-order valence-electron chi connectivity index (χ2n) is 5.58. The molecule has 1 aromatic carbocycles. The van der Waals surface area contributed by atoms with Gasteiger partial charge in [-0.05, 0) is 30.7 Å². The van der Waals surface area contributed by atoms with E-state index in [4.69, 9.17) is 4.52 Å². The van der Waals surface area contributed by atoms with Gasteiger partial charge in [-0.2, -0.15) is 0 Å². The van der Waals surface area contributed by atoms with Crippen molar-refractivity contribution < 1.29 is 4.52 Å². The van der Waals surface area contributed by atoms with Gasteiger partial charge in [0.25, 0.3) is 0 Å². The molecule has 0 unspecified atom stereocenters. The van der Waals surface area contributed by atoms with Gasteiger partial charge in [0, 0.05) is 24.5 Å². The van der Waals surface area contributed by atoms with Crippen molar-refractivity contribution in [2.75, 3.05) is 5.32 Å². The van der Waals surface area contributed by atoms with E-state index in [-0.39, 0.29) is 0 Å². The Morgan fingerprint density at radius 3 is 2.75 bits per heavy atom. The third-order valence-corrected chi connectivity index (χ3v) is 3.87. The molecule has 0 saturated carbocycles. The third-order valence-electron chi connectivity index (χ3n) is 3.87. The van der Waals surface area contributed by atoms with Crippen molar-refractivity contribution in [3.8, 4) is 11.3 Å². The number of nitrogens with zero attached hydrogens (tertiary/aromatic N) is 3. The molecule has 0 fully saturated rings. The van der Waals surface area contributed by atoms with Crippen molar-refractivity contribution in [1.82, 2.24) is 15.1 Å². The molecule has 3 heterocycles. The quantitative estimate of drug-likeness (QED) is 0.611. The molecule has 0 amide bonds. The van der Waals surface area contributed by atoms with Gasteiger partial charge in [0.1, 0.15) is 11.2 Å². The molecule has 5 heteroatoms. The number of aryl methyl sites for hydroxylation is 1. The highest BCUT2D eigenvalue weighted by atomic mass is 16.5. The second-order valence-corrected chi connectivity index (χ2v) is 5.58. The Bertz CT molecular complexity index is 965. The maximum absolute atomic E-state index is 5.47. The van der Waals surface area contributed by atoms with E-state index >= 15 is 0 Å². The van der Waals surface area contributed by atoms with Crippen molar-refractivity contribution in [1.29, 1.82) is 0 Å². The van der Waals surface area contributed by atoms with E-state index < -0.39 is 0 Å². The molecule has 0 aliphatic carbocycles. The molecular formula is C19H16N4O. The zero-order chi connectivity index (χ0) is 16.4. The van der Waals surface area contributed by atoms with E-state index in [0.29, 0.717) is 12.1 Å². The highest BCUT2D eigenvalue weighted by Gasteiger charge is 2.14. The van der Waals surface area contributed by atoms with Crippen molar-refractivity contribution in [3.05, 3.63) is 72.2 Å². The molecule has 0 aliphatic rings. The second kappa shape index (κ2) is 6.12. The summed E-state index contributed by atoms with van der Waals surface area (Å²) in [4.78, 5) is 8.86. The first kappa shape index (κ1) is 14.4. The topological polar surface area (TPSA) is 63.8 Å². The first-order chi connectivity index (χ1) is 11.8. The van der Waals surface area contributed by atoms with Crippen molar-refractivity contribution in [2.45, 2.75) is 13.5 Å². The highest BCUT2D eigenvalue weighted by molar-refractivity contribution is 5.90. The minimum absolute atomic E-state index is 0.677. The summed E-state index contributed by atoms with van der Waals surface area (Å²) < 4.78 is 5.47. The summed E-state index contributed by atoms with van der Waals surface area (Å²) in [5.74, 6) is 0. The number of pyridine rings is 2. The predicted molar refractivity (Wildman–Crippen MR) is 93.5 cm³/mol. The Balaban J connectivity index is 1.76. The van der Waals surface area contributed by atoms with Gasteiger partial charge in [-0.25, -0.2) is 4.98 Å². The van der Waals surface area contributed by atoms with Crippen LogP contribution in [0.1, 0.15) is 11.3 Å². The molecule has 0 spiro atoms. The van der Waals surface area contributed by atoms with E-state index in [1.54, 1.807) is 12.4 Å². The molecule has 0 bridgehead atoms. The summed E-state index contributed by atoms with van der Waals surface area (Å²) in [6, 6.07) is 16.1. The molecule has 24 heavy (non-hydrogen) atoms. The van der Waals surface area contributed by atoms with Gasteiger partial charge in [0.15, 0.2) is 0 Å². The molecule has 0 aliphatic heterocycles. The molecule has 0 atom stereocenters. The molecule has 4 aromatic rings. The van der Waals surface area contributed by atoms with Crippen molar-refractivity contribution in [3.63, 3.8) is 0 Å². The first-order valence-corrected chi connectivity index (χ1v) is 7.76. The number of benzene rings is 1. The maximum Gasteiger partial charge on any atom is 0.208 e. The molecule has 0 radical (unpaired) electrons. The predicted octanol–water partition coefficient (Wildman–Crippen LogP) is 4.21. The Labute approximate surface area is 139 Å². The summed E-state index contributed by atoms with van der Waals surface area (Å²) in [6.45, 7) is 2.60. The Kier molecular flexibility index (Phi) is 3.67. The minimum Gasteiger partial charge on any atom is -0.378 e. The zero-order valence-corrected chi connectivity index (χ0v) is 13.2. The maximum atomic E-state index is 5.47. The summed E-state index contributed by atoms with van der Waals surface area (Å²) in [6.07, 6.45) is 3.55. The average Bonchev–Trinajstić information content (AvgIpc) is 3.02. The summed E-state index contributed by atoms with van der Waals surface area (Å²) in [7, 11) is 0. The van der Waals surface area contributed by atoms with E-state index in [1.165, 1.54) is 5.56 Å². The Morgan fingerprint density at radius 1 is 1.08 bits per heavy atom. The van der Waals surface area contributed by atoms with Gasteiger partial charge in [0.2, 0.25) is 5.58 Å². The van der Waals surface area contributed by atoms with Gasteiger partial charge >= 0.3 is 0 Å².